The van der Waals surface area contributed by atoms with Gasteiger partial charge < -0.3 is 16.2 Å². The number of fused-ring (bicyclic) bond motifs is 1. The lowest BCUT2D eigenvalue weighted by Gasteiger charge is -2.20. The van der Waals surface area contributed by atoms with Gasteiger partial charge in [-0.25, -0.2) is 0 Å². The molecule has 1 aromatic rings. The van der Waals surface area contributed by atoms with Crippen LogP contribution < -0.4 is 16.2 Å². The van der Waals surface area contributed by atoms with Crippen LogP contribution in [0.1, 0.15) is 24.8 Å². The molecule has 1 aliphatic rings. The molecule has 0 aromatic carbocycles. The molecule has 2 heterocycles. The Morgan fingerprint density at radius 2 is 2.17 bits per heavy atom. The summed E-state index contributed by atoms with van der Waals surface area (Å²) in [7, 11) is 0. The van der Waals surface area contributed by atoms with Crippen LogP contribution in [-0.4, -0.2) is 6.61 Å². The van der Waals surface area contributed by atoms with Gasteiger partial charge in [0.1, 0.15) is 5.00 Å². The Balaban J connectivity index is 2.55. The van der Waals surface area contributed by atoms with E-state index in [4.69, 9.17) is 16.2 Å². The molecule has 0 saturated carbocycles. The number of hydrogen-bond acceptors (Lipinski definition) is 4. The number of thiophene rings is 1. The molecule has 12 heavy (non-hydrogen) atoms. The van der Waals surface area contributed by atoms with E-state index in [1.165, 1.54) is 11.3 Å². The first-order valence-electron chi connectivity index (χ1n) is 4.00. The molecule has 0 radical (unpaired) electrons. The zero-order chi connectivity index (χ0) is 8.72. The fourth-order valence-electron chi connectivity index (χ4n) is 1.56. The second-order valence-electron chi connectivity index (χ2n) is 3.11. The van der Waals surface area contributed by atoms with Gasteiger partial charge in [-0.05, 0) is 12.3 Å². The number of anilines is 2. The second-order valence-corrected chi connectivity index (χ2v) is 4.20. The van der Waals surface area contributed by atoms with Gasteiger partial charge in [0.25, 0.3) is 0 Å². The highest BCUT2D eigenvalue weighted by molar-refractivity contribution is 7.20. The smallest absolute Gasteiger partial charge is 0.158 e. The van der Waals surface area contributed by atoms with E-state index in [-0.39, 0.29) is 0 Å². The molecule has 1 atom stereocenters. The van der Waals surface area contributed by atoms with E-state index in [0.29, 0.717) is 10.9 Å². The van der Waals surface area contributed by atoms with Gasteiger partial charge >= 0.3 is 0 Å². The Kier molecular flexibility index (Phi) is 1.65. The minimum absolute atomic E-state index is 0.488. The first kappa shape index (κ1) is 7.73. The lowest BCUT2D eigenvalue weighted by atomic mass is 9.97. The van der Waals surface area contributed by atoms with Crippen molar-refractivity contribution >= 4 is 21.3 Å². The molecule has 1 aromatic heterocycles. The summed E-state index contributed by atoms with van der Waals surface area (Å²) in [6.07, 6.45) is 1.04. The Bertz CT molecular complexity index is 308. The zero-order valence-electron chi connectivity index (χ0n) is 6.96. The summed E-state index contributed by atoms with van der Waals surface area (Å²) in [6, 6.07) is 0. The van der Waals surface area contributed by atoms with E-state index >= 15 is 0 Å². The molecule has 0 bridgehead atoms. The molecule has 3 nitrogen and oxygen atoms in total. The largest absolute Gasteiger partial charge is 0.490 e. The minimum Gasteiger partial charge on any atom is -0.490 e. The van der Waals surface area contributed by atoms with E-state index in [1.807, 2.05) is 0 Å². The maximum atomic E-state index is 5.81. The summed E-state index contributed by atoms with van der Waals surface area (Å²) >= 11 is 1.42. The van der Waals surface area contributed by atoms with Crippen LogP contribution in [0.5, 0.6) is 5.75 Å². The molecular formula is C8H12N2OS. The molecule has 4 N–H and O–H groups in total. The zero-order valence-corrected chi connectivity index (χ0v) is 7.78. The van der Waals surface area contributed by atoms with Crippen molar-refractivity contribution in [1.82, 2.24) is 0 Å². The van der Waals surface area contributed by atoms with Crippen molar-refractivity contribution in [2.75, 3.05) is 18.1 Å². The third kappa shape index (κ3) is 0.948. The Labute approximate surface area is 75.3 Å². The van der Waals surface area contributed by atoms with Crippen LogP contribution in [-0.2, 0) is 0 Å². The molecule has 0 aliphatic carbocycles. The standard InChI is InChI=1S/C8H12N2OS/c1-4-2-3-11-6-5(4)7(9)12-8(6)10/h4H,2-3,9-10H2,1H3. The van der Waals surface area contributed by atoms with Crippen LogP contribution in [0, 0.1) is 0 Å². The van der Waals surface area contributed by atoms with Crippen molar-refractivity contribution in [2.24, 2.45) is 0 Å². The highest BCUT2D eigenvalue weighted by Crippen LogP contribution is 2.47. The van der Waals surface area contributed by atoms with Crippen LogP contribution in [0.4, 0.5) is 10.0 Å². The van der Waals surface area contributed by atoms with Crippen LogP contribution in [0.2, 0.25) is 0 Å². The predicted octanol–water partition coefficient (Wildman–Crippen LogP) is 1.80. The van der Waals surface area contributed by atoms with E-state index in [1.54, 1.807) is 0 Å². The van der Waals surface area contributed by atoms with Gasteiger partial charge in [-0.2, -0.15) is 0 Å². The molecule has 4 heteroatoms. The highest BCUT2D eigenvalue weighted by atomic mass is 32.1. The SMILES string of the molecule is CC1CCOc2c(N)sc(N)c21. The van der Waals surface area contributed by atoms with Crippen molar-refractivity contribution in [3.63, 3.8) is 0 Å². The summed E-state index contributed by atoms with van der Waals surface area (Å²) in [5.74, 6) is 1.32. The summed E-state index contributed by atoms with van der Waals surface area (Å²) in [4.78, 5) is 0. The molecule has 0 amide bonds. The first-order chi connectivity index (χ1) is 5.70. The molecular weight excluding hydrogens is 172 g/mol. The Hall–Kier alpha value is -0.900. The van der Waals surface area contributed by atoms with E-state index in [0.717, 1.165) is 29.3 Å². The van der Waals surface area contributed by atoms with E-state index < -0.39 is 0 Å². The number of nitrogen functional groups attached to an aromatic ring is 2. The van der Waals surface area contributed by atoms with Crippen LogP contribution in [0.25, 0.3) is 0 Å². The molecule has 2 rings (SSSR count). The molecule has 0 fully saturated rings. The first-order valence-corrected chi connectivity index (χ1v) is 4.82. The molecule has 0 saturated heterocycles. The third-order valence-electron chi connectivity index (χ3n) is 2.24. The van der Waals surface area contributed by atoms with Gasteiger partial charge in [-0.3, -0.25) is 0 Å². The van der Waals surface area contributed by atoms with Crippen molar-refractivity contribution in [3.05, 3.63) is 5.56 Å². The van der Waals surface area contributed by atoms with Crippen LogP contribution in [0.15, 0.2) is 0 Å². The highest BCUT2D eigenvalue weighted by Gasteiger charge is 2.24. The number of hydrogen-bond donors (Lipinski definition) is 2. The normalized spacial score (nSPS) is 21.6. The fraction of sp³-hybridized carbons (Fsp3) is 0.500. The van der Waals surface area contributed by atoms with Crippen LogP contribution >= 0.6 is 11.3 Å². The van der Waals surface area contributed by atoms with Crippen molar-refractivity contribution in [3.8, 4) is 5.75 Å². The summed E-state index contributed by atoms with van der Waals surface area (Å²) < 4.78 is 5.45. The van der Waals surface area contributed by atoms with Crippen molar-refractivity contribution in [1.29, 1.82) is 0 Å². The van der Waals surface area contributed by atoms with Gasteiger partial charge in [-0.15, -0.1) is 0 Å². The number of nitrogens with two attached hydrogens (primary N) is 2. The summed E-state index contributed by atoms with van der Waals surface area (Å²) in [6.45, 7) is 2.92. The average Bonchev–Trinajstić information content (AvgIpc) is 2.29. The molecule has 66 valence electrons. The fourth-order valence-corrected chi connectivity index (χ4v) is 2.46. The second kappa shape index (κ2) is 2.55. The third-order valence-corrected chi connectivity index (χ3v) is 3.09. The van der Waals surface area contributed by atoms with E-state index in [9.17, 15) is 0 Å². The lowest BCUT2D eigenvalue weighted by Crippen LogP contribution is -2.12. The topological polar surface area (TPSA) is 61.3 Å². The average molecular weight is 184 g/mol. The maximum absolute atomic E-state index is 5.81. The monoisotopic (exact) mass is 184 g/mol. The van der Waals surface area contributed by atoms with E-state index in [2.05, 4.69) is 6.92 Å². The molecule has 0 spiro atoms. The van der Waals surface area contributed by atoms with Gasteiger partial charge in [0, 0.05) is 5.56 Å². The number of rotatable bonds is 0. The summed E-state index contributed by atoms with van der Waals surface area (Å²) in [5, 5.41) is 1.53. The Morgan fingerprint density at radius 3 is 2.83 bits per heavy atom. The number of ether oxygens (including phenoxy) is 1. The minimum atomic E-state index is 0.488. The van der Waals surface area contributed by atoms with Crippen LogP contribution in [0.3, 0.4) is 0 Å². The van der Waals surface area contributed by atoms with Gasteiger partial charge in [-0.1, -0.05) is 18.3 Å². The van der Waals surface area contributed by atoms with Crippen molar-refractivity contribution in [2.45, 2.75) is 19.3 Å². The summed E-state index contributed by atoms with van der Waals surface area (Å²) in [5.41, 5.74) is 12.7. The van der Waals surface area contributed by atoms with Crippen molar-refractivity contribution < 1.29 is 4.74 Å². The van der Waals surface area contributed by atoms with Gasteiger partial charge in [0.05, 0.1) is 11.6 Å². The predicted molar refractivity (Wildman–Crippen MR) is 51.7 cm³/mol. The molecule has 1 aliphatic heterocycles. The van der Waals surface area contributed by atoms with Gasteiger partial charge in [0.15, 0.2) is 5.75 Å². The quantitative estimate of drug-likeness (QED) is 0.646. The maximum Gasteiger partial charge on any atom is 0.158 e. The molecule has 1 unspecified atom stereocenters. The lowest BCUT2D eigenvalue weighted by molar-refractivity contribution is 0.276. The Morgan fingerprint density at radius 1 is 1.42 bits per heavy atom. The van der Waals surface area contributed by atoms with Gasteiger partial charge in [0.2, 0.25) is 0 Å².